The summed E-state index contributed by atoms with van der Waals surface area (Å²) in [6, 6.07) is 32.1. The highest BCUT2D eigenvalue weighted by Crippen LogP contribution is 2.38. The summed E-state index contributed by atoms with van der Waals surface area (Å²) in [4.78, 5) is 4.74. The van der Waals surface area contributed by atoms with Crippen LogP contribution in [0.3, 0.4) is 0 Å². The van der Waals surface area contributed by atoms with Crippen LogP contribution in [0.5, 0.6) is 11.5 Å². The maximum Gasteiger partial charge on any atom is 0.137 e. The number of ether oxygens (including phenoxy) is 1. The van der Waals surface area contributed by atoms with Crippen molar-refractivity contribution in [3.05, 3.63) is 131 Å². The Hall–Kier alpha value is -5.16. The van der Waals surface area contributed by atoms with Crippen LogP contribution < -0.4 is 4.74 Å². The number of hydrogen-bond acceptors (Lipinski definition) is 3. The van der Waals surface area contributed by atoms with Gasteiger partial charge < -0.3 is 4.74 Å². The maximum atomic E-state index is 6.64. The molecule has 0 bridgehead atoms. The van der Waals surface area contributed by atoms with Gasteiger partial charge in [-0.1, -0.05) is 70.5 Å². The van der Waals surface area contributed by atoms with E-state index in [0.717, 1.165) is 59.0 Å². The number of hydrogen-bond donors (Lipinski definition) is 0. The average molecular weight is 647 g/mol. The Labute approximate surface area is 290 Å². The van der Waals surface area contributed by atoms with E-state index in [0.29, 0.717) is 0 Å². The number of rotatable bonds is 8. The molecule has 0 aliphatic rings. The lowest BCUT2D eigenvalue weighted by Gasteiger charge is -2.21. The van der Waals surface area contributed by atoms with Gasteiger partial charge in [0.1, 0.15) is 17.3 Å². The van der Waals surface area contributed by atoms with Crippen molar-refractivity contribution in [3.63, 3.8) is 0 Å². The van der Waals surface area contributed by atoms with E-state index in [1.165, 1.54) is 49.8 Å². The lowest BCUT2D eigenvalue weighted by Crippen LogP contribution is -2.14. The molecule has 3 heterocycles. The molecular formula is C44H46N4O. The van der Waals surface area contributed by atoms with Gasteiger partial charge in [-0.2, -0.15) is 5.10 Å². The van der Waals surface area contributed by atoms with E-state index in [1.54, 1.807) is 0 Å². The third-order valence-corrected chi connectivity index (χ3v) is 9.53. The normalized spacial score (nSPS) is 11.9. The third kappa shape index (κ3) is 6.26. The highest BCUT2D eigenvalue weighted by Gasteiger charge is 2.25. The van der Waals surface area contributed by atoms with Gasteiger partial charge in [0.2, 0.25) is 0 Å². The summed E-state index contributed by atoms with van der Waals surface area (Å²) in [6.45, 7) is 17.9. The van der Waals surface area contributed by atoms with Crippen LogP contribution in [-0.4, -0.2) is 19.3 Å². The second-order valence-corrected chi connectivity index (χ2v) is 14.7. The summed E-state index contributed by atoms with van der Waals surface area (Å²) in [5.74, 6) is 2.44. The molecule has 0 radical (unpaired) electrons. The number of pyridine rings is 1. The first-order chi connectivity index (χ1) is 23.5. The quantitative estimate of drug-likeness (QED) is 0.165. The Morgan fingerprint density at radius 1 is 0.735 bits per heavy atom. The lowest BCUT2D eigenvalue weighted by atomic mass is 9.86. The van der Waals surface area contributed by atoms with Crippen LogP contribution in [0.2, 0.25) is 0 Å². The minimum absolute atomic E-state index is 0.0684. The molecule has 5 heteroatoms. The van der Waals surface area contributed by atoms with Crippen molar-refractivity contribution in [2.24, 2.45) is 5.41 Å². The molecule has 4 aromatic carbocycles. The number of aromatic nitrogens is 4. The fourth-order valence-corrected chi connectivity index (χ4v) is 7.03. The zero-order valence-corrected chi connectivity index (χ0v) is 30.1. The van der Waals surface area contributed by atoms with Crippen molar-refractivity contribution in [1.29, 1.82) is 0 Å². The zero-order valence-electron chi connectivity index (χ0n) is 30.1. The summed E-state index contributed by atoms with van der Waals surface area (Å²) < 4.78 is 11.0. The minimum atomic E-state index is 0.0684. The lowest BCUT2D eigenvalue weighted by molar-refractivity contribution is 0.402. The molecule has 0 N–H and O–H groups in total. The Bertz CT molecular complexity index is 2310. The van der Waals surface area contributed by atoms with Crippen LogP contribution in [0, 0.1) is 33.1 Å². The summed E-state index contributed by atoms with van der Waals surface area (Å²) in [5, 5.41) is 7.69. The molecule has 248 valence electrons. The largest absolute Gasteiger partial charge is 0.457 e. The van der Waals surface area contributed by atoms with E-state index in [4.69, 9.17) is 14.8 Å². The van der Waals surface area contributed by atoms with Crippen molar-refractivity contribution in [3.8, 4) is 34.1 Å². The summed E-state index contributed by atoms with van der Waals surface area (Å²) in [7, 11) is 0. The number of nitrogens with zero attached hydrogens (tertiary/aromatic N) is 4. The van der Waals surface area contributed by atoms with Crippen LogP contribution >= 0.6 is 0 Å². The first-order valence-electron chi connectivity index (χ1n) is 17.4. The van der Waals surface area contributed by atoms with Crippen LogP contribution in [0.25, 0.3) is 44.4 Å². The van der Waals surface area contributed by atoms with Gasteiger partial charge in [0, 0.05) is 34.7 Å². The molecule has 0 unspecified atom stereocenters. The second-order valence-electron chi connectivity index (χ2n) is 14.7. The molecule has 0 saturated heterocycles. The molecule has 0 fully saturated rings. The van der Waals surface area contributed by atoms with Gasteiger partial charge in [0.25, 0.3) is 0 Å². The molecule has 0 aliphatic carbocycles. The number of para-hydroxylation sites is 1. The van der Waals surface area contributed by atoms with Gasteiger partial charge >= 0.3 is 0 Å². The number of fused-ring (bicyclic) bond motifs is 3. The second kappa shape index (κ2) is 12.7. The van der Waals surface area contributed by atoms with Crippen molar-refractivity contribution in [1.82, 2.24) is 19.3 Å². The molecule has 49 heavy (non-hydrogen) atoms. The van der Waals surface area contributed by atoms with Crippen molar-refractivity contribution < 1.29 is 4.74 Å². The van der Waals surface area contributed by atoms with Gasteiger partial charge in [-0.15, -0.1) is 0 Å². The fourth-order valence-electron chi connectivity index (χ4n) is 7.03. The molecule has 5 nitrogen and oxygen atoms in total. The first-order valence-corrected chi connectivity index (χ1v) is 17.4. The van der Waals surface area contributed by atoms with E-state index >= 15 is 0 Å². The van der Waals surface area contributed by atoms with Crippen molar-refractivity contribution in [2.45, 2.75) is 74.7 Å². The molecule has 3 aromatic heterocycles. The topological polar surface area (TPSA) is 44.9 Å². The Kier molecular flexibility index (Phi) is 8.40. The Morgan fingerprint density at radius 2 is 1.47 bits per heavy atom. The SMILES string of the molecule is CCCc1nn(-c2cccc(Oc3ccc4c5ccccc5n(-c5cc(C)ccn5)c4c3)c2)c(CC(C)(C)C)c1-c1cc(C)c(C)c(C)c1. The summed E-state index contributed by atoms with van der Waals surface area (Å²) in [6.07, 6.45) is 4.72. The van der Waals surface area contributed by atoms with Gasteiger partial charge in [-0.3, -0.25) is 4.57 Å². The third-order valence-electron chi connectivity index (χ3n) is 9.53. The summed E-state index contributed by atoms with van der Waals surface area (Å²) >= 11 is 0. The monoisotopic (exact) mass is 646 g/mol. The summed E-state index contributed by atoms with van der Waals surface area (Å²) in [5.41, 5.74) is 13.3. The average Bonchev–Trinajstić information content (AvgIpc) is 3.57. The highest BCUT2D eigenvalue weighted by molar-refractivity contribution is 6.09. The van der Waals surface area contributed by atoms with Gasteiger partial charge in [0.15, 0.2) is 0 Å². The zero-order chi connectivity index (χ0) is 34.4. The first kappa shape index (κ1) is 32.4. The van der Waals surface area contributed by atoms with Crippen LogP contribution in [0.15, 0.2) is 97.2 Å². The molecule has 0 amide bonds. The van der Waals surface area contributed by atoms with Crippen LogP contribution in [0.1, 0.15) is 67.8 Å². The smallest absolute Gasteiger partial charge is 0.137 e. The fraction of sp³-hybridized carbons (Fsp3) is 0.273. The molecule has 7 rings (SSSR count). The number of benzene rings is 4. The van der Waals surface area contributed by atoms with Crippen molar-refractivity contribution >= 4 is 21.8 Å². The van der Waals surface area contributed by atoms with E-state index < -0.39 is 0 Å². The molecule has 7 aromatic rings. The van der Waals surface area contributed by atoms with E-state index in [9.17, 15) is 0 Å². The molecule has 0 aliphatic heterocycles. The predicted octanol–water partition coefficient (Wildman–Crippen LogP) is 11.6. The Balaban J connectivity index is 1.33. The van der Waals surface area contributed by atoms with Crippen LogP contribution in [0.4, 0.5) is 0 Å². The predicted molar refractivity (Wildman–Crippen MR) is 204 cm³/mol. The number of aryl methyl sites for hydroxylation is 4. The molecular weight excluding hydrogens is 601 g/mol. The van der Waals surface area contributed by atoms with E-state index in [1.807, 2.05) is 18.3 Å². The van der Waals surface area contributed by atoms with Gasteiger partial charge in [0.05, 0.1) is 28.1 Å². The molecule has 0 saturated carbocycles. The van der Waals surface area contributed by atoms with Crippen LogP contribution in [-0.2, 0) is 12.8 Å². The Morgan fingerprint density at radius 3 is 2.20 bits per heavy atom. The van der Waals surface area contributed by atoms with E-state index in [2.05, 4.69) is 144 Å². The van der Waals surface area contributed by atoms with E-state index in [-0.39, 0.29) is 5.41 Å². The maximum absolute atomic E-state index is 6.64. The standard InChI is InChI=1S/C44H46N4O/c1-9-13-38-43(32-23-29(3)31(5)30(4)24-32)41(27-44(6,7)8)48(46-38)33-14-12-15-34(25-33)49-35-18-19-37-36-16-10-11-17-39(36)47(40(37)26-35)42-22-28(2)20-21-45-42/h10-12,14-26H,9,13,27H2,1-8H3. The van der Waals surface area contributed by atoms with Gasteiger partial charge in [-0.05, 0) is 116 Å². The molecule has 0 atom stereocenters. The minimum Gasteiger partial charge on any atom is -0.457 e. The molecule has 0 spiro atoms. The highest BCUT2D eigenvalue weighted by atomic mass is 16.5. The van der Waals surface area contributed by atoms with Crippen molar-refractivity contribution in [2.75, 3.05) is 0 Å². The van der Waals surface area contributed by atoms with Gasteiger partial charge in [-0.25, -0.2) is 9.67 Å².